The third kappa shape index (κ3) is 3.16. The second-order valence-electron chi connectivity index (χ2n) is 5.29. The van der Waals surface area contributed by atoms with Crippen molar-refractivity contribution in [2.75, 3.05) is 6.54 Å². The second kappa shape index (κ2) is 6.59. The third-order valence-electron chi connectivity index (χ3n) is 3.86. The minimum atomic E-state index is 0.928. The fourth-order valence-corrected chi connectivity index (χ4v) is 2.75. The van der Waals surface area contributed by atoms with Crippen LogP contribution in [0.4, 0.5) is 0 Å². The van der Waals surface area contributed by atoms with Gasteiger partial charge in [-0.15, -0.1) is 0 Å². The third-order valence-corrected chi connectivity index (χ3v) is 3.86. The van der Waals surface area contributed by atoms with E-state index in [1.54, 1.807) is 0 Å². The standard InChI is InChI=1S/C17H22N4/c1-2-21-13-15(16-6-3-4-7-17(16)21)12-18-8-5-10-20-11-9-19-14-20/h3-4,6-7,9,11,13-14,18H,2,5,8,10,12H2,1H3. The number of hydrogen-bond donors (Lipinski definition) is 1. The highest BCUT2D eigenvalue weighted by molar-refractivity contribution is 5.83. The minimum Gasteiger partial charge on any atom is -0.347 e. The van der Waals surface area contributed by atoms with E-state index in [4.69, 9.17) is 0 Å². The van der Waals surface area contributed by atoms with Crippen LogP contribution in [-0.2, 0) is 19.6 Å². The van der Waals surface area contributed by atoms with Crippen molar-refractivity contribution < 1.29 is 0 Å². The number of para-hydroxylation sites is 1. The molecule has 4 nitrogen and oxygen atoms in total. The first kappa shape index (κ1) is 13.9. The molecule has 2 aromatic heterocycles. The normalized spacial score (nSPS) is 11.3. The van der Waals surface area contributed by atoms with Crippen LogP contribution >= 0.6 is 0 Å². The zero-order valence-corrected chi connectivity index (χ0v) is 12.5. The van der Waals surface area contributed by atoms with Gasteiger partial charge in [0.25, 0.3) is 0 Å². The zero-order valence-electron chi connectivity index (χ0n) is 12.5. The summed E-state index contributed by atoms with van der Waals surface area (Å²) in [5.74, 6) is 0. The van der Waals surface area contributed by atoms with Gasteiger partial charge in [-0.25, -0.2) is 4.98 Å². The number of benzene rings is 1. The van der Waals surface area contributed by atoms with Crippen molar-refractivity contribution in [2.45, 2.75) is 33.0 Å². The Morgan fingerprint density at radius 3 is 2.95 bits per heavy atom. The van der Waals surface area contributed by atoms with Crippen LogP contribution in [0.15, 0.2) is 49.2 Å². The van der Waals surface area contributed by atoms with Gasteiger partial charge >= 0.3 is 0 Å². The van der Waals surface area contributed by atoms with Gasteiger partial charge < -0.3 is 14.5 Å². The van der Waals surface area contributed by atoms with E-state index < -0.39 is 0 Å². The molecule has 0 aliphatic heterocycles. The number of aryl methyl sites for hydroxylation is 2. The Labute approximate surface area is 125 Å². The van der Waals surface area contributed by atoms with Gasteiger partial charge in [0, 0.05) is 49.1 Å². The van der Waals surface area contributed by atoms with Crippen molar-refractivity contribution in [1.82, 2.24) is 19.4 Å². The molecule has 0 spiro atoms. The number of aromatic nitrogens is 3. The van der Waals surface area contributed by atoms with Crippen LogP contribution in [-0.4, -0.2) is 20.7 Å². The molecule has 110 valence electrons. The van der Waals surface area contributed by atoms with E-state index >= 15 is 0 Å². The van der Waals surface area contributed by atoms with Crippen LogP contribution in [0.25, 0.3) is 10.9 Å². The Bertz CT molecular complexity index is 682. The highest BCUT2D eigenvalue weighted by Gasteiger charge is 2.06. The summed E-state index contributed by atoms with van der Waals surface area (Å²) in [7, 11) is 0. The molecular weight excluding hydrogens is 260 g/mol. The van der Waals surface area contributed by atoms with Gasteiger partial charge in [-0.2, -0.15) is 0 Å². The van der Waals surface area contributed by atoms with Crippen molar-refractivity contribution in [2.24, 2.45) is 0 Å². The van der Waals surface area contributed by atoms with Crippen molar-refractivity contribution >= 4 is 10.9 Å². The Balaban J connectivity index is 1.55. The number of nitrogens with one attached hydrogen (secondary N) is 1. The molecule has 0 aliphatic carbocycles. The van der Waals surface area contributed by atoms with Crippen molar-refractivity contribution in [1.29, 1.82) is 0 Å². The number of fused-ring (bicyclic) bond motifs is 1. The molecule has 1 aromatic carbocycles. The monoisotopic (exact) mass is 282 g/mol. The SMILES string of the molecule is CCn1cc(CNCCCn2ccnc2)c2ccccc21. The van der Waals surface area contributed by atoms with Gasteiger partial charge in [0.05, 0.1) is 6.33 Å². The lowest BCUT2D eigenvalue weighted by atomic mass is 10.2. The fourth-order valence-electron chi connectivity index (χ4n) is 2.75. The second-order valence-corrected chi connectivity index (χ2v) is 5.29. The molecule has 0 saturated heterocycles. The van der Waals surface area contributed by atoms with E-state index in [1.807, 2.05) is 18.7 Å². The highest BCUT2D eigenvalue weighted by Crippen LogP contribution is 2.21. The summed E-state index contributed by atoms with van der Waals surface area (Å²) in [5, 5.41) is 4.91. The molecule has 2 heterocycles. The van der Waals surface area contributed by atoms with E-state index in [1.165, 1.54) is 16.5 Å². The average molecular weight is 282 g/mol. The molecule has 3 rings (SSSR count). The molecule has 4 heteroatoms. The van der Waals surface area contributed by atoms with Gasteiger partial charge in [-0.05, 0) is 31.5 Å². The number of hydrogen-bond acceptors (Lipinski definition) is 2. The molecule has 0 saturated carbocycles. The summed E-state index contributed by atoms with van der Waals surface area (Å²) >= 11 is 0. The molecule has 0 atom stereocenters. The number of nitrogens with zero attached hydrogens (tertiary/aromatic N) is 3. The molecule has 0 unspecified atom stereocenters. The molecule has 0 bridgehead atoms. The fraction of sp³-hybridized carbons (Fsp3) is 0.353. The first-order valence-electron chi connectivity index (χ1n) is 7.61. The number of imidazole rings is 1. The molecule has 1 N–H and O–H groups in total. The Morgan fingerprint density at radius 1 is 1.24 bits per heavy atom. The summed E-state index contributed by atoms with van der Waals surface area (Å²) in [5.41, 5.74) is 2.71. The van der Waals surface area contributed by atoms with Crippen LogP contribution < -0.4 is 5.32 Å². The summed E-state index contributed by atoms with van der Waals surface area (Å²) in [6, 6.07) is 8.63. The summed E-state index contributed by atoms with van der Waals surface area (Å²) < 4.78 is 4.43. The van der Waals surface area contributed by atoms with Crippen LogP contribution in [0.2, 0.25) is 0 Å². The average Bonchev–Trinajstić information content (AvgIpc) is 3.15. The minimum absolute atomic E-state index is 0.928. The lowest BCUT2D eigenvalue weighted by Gasteiger charge is -2.04. The lowest BCUT2D eigenvalue weighted by Crippen LogP contribution is -2.16. The van der Waals surface area contributed by atoms with Gasteiger partial charge in [0.2, 0.25) is 0 Å². The van der Waals surface area contributed by atoms with Crippen molar-refractivity contribution in [3.63, 3.8) is 0 Å². The van der Waals surface area contributed by atoms with Crippen molar-refractivity contribution in [3.8, 4) is 0 Å². The van der Waals surface area contributed by atoms with Crippen LogP contribution in [0, 0.1) is 0 Å². The Hall–Kier alpha value is -2.07. The summed E-state index contributed by atoms with van der Waals surface area (Å²) in [6.07, 6.45) is 9.09. The van der Waals surface area contributed by atoms with Gasteiger partial charge in [0.1, 0.15) is 0 Å². The van der Waals surface area contributed by atoms with E-state index in [9.17, 15) is 0 Å². The quantitative estimate of drug-likeness (QED) is 0.676. The number of rotatable bonds is 7. The van der Waals surface area contributed by atoms with Gasteiger partial charge in [0.15, 0.2) is 0 Å². The van der Waals surface area contributed by atoms with Gasteiger partial charge in [-0.1, -0.05) is 18.2 Å². The predicted molar refractivity (Wildman–Crippen MR) is 86.2 cm³/mol. The molecule has 0 amide bonds. The maximum absolute atomic E-state index is 4.05. The predicted octanol–water partition coefficient (Wildman–Crippen LogP) is 3.04. The van der Waals surface area contributed by atoms with E-state index in [-0.39, 0.29) is 0 Å². The smallest absolute Gasteiger partial charge is 0.0945 e. The Morgan fingerprint density at radius 2 is 2.14 bits per heavy atom. The van der Waals surface area contributed by atoms with E-state index in [0.29, 0.717) is 0 Å². The van der Waals surface area contributed by atoms with Gasteiger partial charge in [-0.3, -0.25) is 0 Å². The van der Waals surface area contributed by atoms with Crippen LogP contribution in [0.5, 0.6) is 0 Å². The van der Waals surface area contributed by atoms with E-state index in [0.717, 1.165) is 32.6 Å². The maximum atomic E-state index is 4.05. The van der Waals surface area contributed by atoms with E-state index in [2.05, 4.69) is 56.8 Å². The molecule has 0 aliphatic rings. The molecule has 21 heavy (non-hydrogen) atoms. The molecule has 0 radical (unpaired) electrons. The first-order chi connectivity index (χ1) is 10.4. The molecular formula is C17H22N4. The maximum Gasteiger partial charge on any atom is 0.0945 e. The Kier molecular flexibility index (Phi) is 4.36. The highest BCUT2D eigenvalue weighted by atomic mass is 15.0. The molecule has 0 fully saturated rings. The molecule has 3 aromatic rings. The van der Waals surface area contributed by atoms with Crippen LogP contribution in [0.1, 0.15) is 18.9 Å². The van der Waals surface area contributed by atoms with Crippen molar-refractivity contribution in [3.05, 3.63) is 54.7 Å². The topological polar surface area (TPSA) is 34.8 Å². The lowest BCUT2D eigenvalue weighted by molar-refractivity contribution is 0.581. The summed E-state index contributed by atoms with van der Waals surface area (Å²) in [6.45, 7) is 6.17. The largest absolute Gasteiger partial charge is 0.347 e. The first-order valence-corrected chi connectivity index (χ1v) is 7.61. The van der Waals surface area contributed by atoms with Crippen LogP contribution in [0.3, 0.4) is 0 Å². The zero-order chi connectivity index (χ0) is 14.5. The summed E-state index contributed by atoms with van der Waals surface area (Å²) in [4.78, 5) is 4.05.